The molecule has 0 aliphatic carbocycles. The van der Waals surface area contributed by atoms with Gasteiger partial charge in [-0.2, -0.15) is 0 Å². The van der Waals surface area contributed by atoms with Gasteiger partial charge in [-0.05, 0) is 43.0 Å². The van der Waals surface area contributed by atoms with Crippen LogP contribution in [0.3, 0.4) is 0 Å². The van der Waals surface area contributed by atoms with Gasteiger partial charge in [0.1, 0.15) is 17.3 Å². The molecule has 0 saturated carbocycles. The van der Waals surface area contributed by atoms with E-state index >= 15 is 0 Å². The zero-order valence-electron chi connectivity index (χ0n) is 21.5. The Morgan fingerprint density at radius 3 is 2.05 bits per heavy atom. The van der Waals surface area contributed by atoms with Gasteiger partial charge in [0.05, 0.1) is 0 Å². The van der Waals surface area contributed by atoms with E-state index < -0.39 is 35.5 Å². The van der Waals surface area contributed by atoms with Crippen molar-refractivity contribution in [1.82, 2.24) is 21.3 Å². The minimum absolute atomic E-state index is 0.0749. The molecule has 5 amide bonds. The molecule has 0 spiro atoms. The molecule has 0 bridgehead atoms. The van der Waals surface area contributed by atoms with Gasteiger partial charge in [0.25, 0.3) is 0 Å². The predicted octanol–water partition coefficient (Wildman–Crippen LogP) is 2.03. The zero-order chi connectivity index (χ0) is 28.0. The van der Waals surface area contributed by atoms with Crippen LogP contribution in [0.25, 0.3) is 0 Å². The number of hydrogen-bond donors (Lipinski definition) is 7. The highest BCUT2D eigenvalue weighted by Gasteiger charge is 2.37. The number of benzene rings is 2. The minimum atomic E-state index is -1.53. The Morgan fingerprint density at radius 2 is 1.47 bits per heavy atom. The number of unbranched alkanes of at least 4 members (excludes halogenated alkanes) is 3. The number of nitrogens with one attached hydrogen (secondary N) is 4. The molecule has 2 aromatic carbocycles. The lowest BCUT2D eigenvalue weighted by Gasteiger charge is -2.30. The summed E-state index contributed by atoms with van der Waals surface area (Å²) in [6.45, 7) is 2.36. The van der Waals surface area contributed by atoms with Crippen LogP contribution in [-0.4, -0.2) is 58.8 Å². The van der Waals surface area contributed by atoms with Crippen LogP contribution >= 0.6 is 0 Å². The standard InChI is InChI=1S/C27H37N5O6/c1-27(32-26(37)38,18-20-9-5-4-6-10-20)24(35)31-22(17-19-11-13-21(33)14-12-19)23(34)29-15-7-2-3-8-16-30-25(28)36/h4-6,9-14,22,32-33H,2-3,7-8,15-18H2,1H3,(H,29,34)(H,31,35)(H,37,38)(H3,28,30,36). The van der Waals surface area contributed by atoms with Gasteiger partial charge in [0.2, 0.25) is 11.8 Å². The van der Waals surface area contributed by atoms with Crippen molar-refractivity contribution in [2.24, 2.45) is 5.73 Å². The van der Waals surface area contributed by atoms with Gasteiger partial charge in [0, 0.05) is 25.9 Å². The second-order valence-electron chi connectivity index (χ2n) is 9.32. The monoisotopic (exact) mass is 527 g/mol. The molecule has 11 nitrogen and oxygen atoms in total. The van der Waals surface area contributed by atoms with Crippen molar-refractivity contribution in [2.45, 2.75) is 57.0 Å². The van der Waals surface area contributed by atoms with Gasteiger partial charge < -0.3 is 37.2 Å². The lowest BCUT2D eigenvalue weighted by atomic mass is 9.91. The van der Waals surface area contributed by atoms with Crippen molar-refractivity contribution in [3.05, 3.63) is 65.7 Å². The summed E-state index contributed by atoms with van der Waals surface area (Å²) in [5, 5.41) is 29.4. The molecule has 2 rings (SSSR count). The summed E-state index contributed by atoms with van der Waals surface area (Å²) in [5.74, 6) is -0.963. The maximum Gasteiger partial charge on any atom is 0.405 e. The van der Waals surface area contributed by atoms with E-state index in [-0.39, 0.29) is 18.6 Å². The molecule has 2 atom stereocenters. The fourth-order valence-electron chi connectivity index (χ4n) is 3.97. The first-order valence-corrected chi connectivity index (χ1v) is 12.5. The number of phenols is 1. The summed E-state index contributed by atoms with van der Waals surface area (Å²) < 4.78 is 0. The third kappa shape index (κ3) is 10.8. The van der Waals surface area contributed by atoms with Crippen molar-refractivity contribution in [2.75, 3.05) is 13.1 Å². The highest BCUT2D eigenvalue weighted by Crippen LogP contribution is 2.16. The van der Waals surface area contributed by atoms with Crippen molar-refractivity contribution >= 4 is 23.9 Å². The summed E-state index contributed by atoms with van der Waals surface area (Å²) in [5.41, 5.74) is 4.96. The van der Waals surface area contributed by atoms with Crippen LogP contribution in [0, 0.1) is 0 Å². The van der Waals surface area contributed by atoms with Crippen LogP contribution < -0.4 is 27.0 Å². The van der Waals surface area contributed by atoms with E-state index in [9.17, 15) is 29.4 Å². The Balaban J connectivity index is 2.06. The second-order valence-corrected chi connectivity index (χ2v) is 9.32. The van der Waals surface area contributed by atoms with Gasteiger partial charge >= 0.3 is 12.1 Å². The number of primary amides is 1. The first-order chi connectivity index (χ1) is 18.1. The number of nitrogens with two attached hydrogens (primary N) is 1. The molecule has 0 heterocycles. The van der Waals surface area contributed by atoms with E-state index in [2.05, 4.69) is 21.3 Å². The van der Waals surface area contributed by atoms with E-state index in [0.29, 0.717) is 25.1 Å². The van der Waals surface area contributed by atoms with Crippen molar-refractivity contribution in [3.8, 4) is 5.75 Å². The number of amides is 5. The van der Waals surface area contributed by atoms with Crippen molar-refractivity contribution < 1.29 is 29.4 Å². The number of rotatable bonds is 15. The molecule has 0 aliphatic heterocycles. The summed E-state index contributed by atoms with van der Waals surface area (Å²) in [6.07, 6.45) is 2.02. The normalized spacial score (nSPS) is 13.0. The van der Waals surface area contributed by atoms with Crippen LogP contribution in [-0.2, 0) is 22.4 Å². The molecule has 206 valence electrons. The smallest absolute Gasteiger partial charge is 0.405 e. The first-order valence-electron chi connectivity index (χ1n) is 12.5. The molecule has 2 aromatic rings. The van der Waals surface area contributed by atoms with Crippen LogP contribution in [0.5, 0.6) is 5.75 Å². The molecule has 2 unspecified atom stereocenters. The number of phenolic OH excluding ortho intramolecular Hbond substituents is 1. The van der Waals surface area contributed by atoms with Crippen LogP contribution in [0.1, 0.15) is 43.7 Å². The molecular weight excluding hydrogens is 490 g/mol. The molecule has 8 N–H and O–H groups in total. The molecule has 38 heavy (non-hydrogen) atoms. The van der Waals surface area contributed by atoms with E-state index in [1.165, 1.54) is 19.1 Å². The Labute approximate surface area is 222 Å². The maximum absolute atomic E-state index is 13.4. The Morgan fingerprint density at radius 1 is 0.868 bits per heavy atom. The minimum Gasteiger partial charge on any atom is -0.508 e. The number of carboxylic acid groups (broad SMARTS) is 1. The summed E-state index contributed by atoms with van der Waals surface area (Å²) in [4.78, 5) is 48.7. The SMILES string of the molecule is CC(Cc1ccccc1)(NC(=O)O)C(=O)NC(Cc1ccc(O)cc1)C(=O)NCCCCCCNC(N)=O. The third-order valence-corrected chi connectivity index (χ3v) is 5.98. The van der Waals surface area contributed by atoms with Gasteiger partial charge in [-0.3, -0.25) is 9.59 Å². The van der Waals surface area contributed by atoms with Crippen molar-refractivity contribution in [1.29, 1.82) is 0 Å². The fourth-order valence-corrected chi connectivity index (χ4v) is 3.97. The average Bonchev–Trinajstić information content (AvgIpc) is 2.86. The Hall–Kier alpha value is -4.28. The molecular formula is C27H37N5O6. The highest BCUT2D eigenvalue weighted by atomic mass is 16.4. The quantitative estimate of drug-likeness (QED) is 0.174. The van der Waals surface area contributed by atoms with Gasteiger partial charge in [-0.15, -0.1) is 0 Å². The van der Waals surface area contributed by atoms with Crippen LogP contribution in [0.15, 0.2) is 54.6 Å². The van der Waals surface area contributed by atoms with Crippen molar-refractivity contribution in [3.63, 3.8) is 0 Å². The predicted molar refractivity (Wildman–Crippen MR) is 143 cm³/mol. The van der Waals surface area contributed by atoms with Gasteiger partial charge in [-0.1, -0.05) is 55.3 Å². The van der Waals surface area contributed by atoms with E-state index in [4.69, 9.17) is 5.73 Å². The van der Waals surface area contributed by atoms with E-state index in [1.54, 1.807) is 36.4 Å². The van der Waals surface area contributed by atoms with Gasteiger partial charge in [-0.25, -0.2) is 9.59 Å². The summed E-state index contributed by atoms with van der Waals surface area (Å²) >= 11 is 0. The fraction of sp³-hybridized carbons (Fsp3) is 0.407. The molecule has 0 aromatic heterocycles. The zero-order valence-corrected chi connectivity index (χ0v) is 21.5. The number of urea groups is 1. The van der Waals surface area contributed by atoms with E-state index in [0.717, 1.165) is 24.8 Å². The number of aromatic hydroxyl groups is 1. The molecule has 0 radical (unpaired) electrons. The molecule has 0 saturated heterocycles. The van der Waals surface area contributed by atoms with E-state index in [1.807, 2.05) is 6.07 Å². The Bertz CT molecular complexity index is 1060. The third-order valence-electron chi connectivity index (χ3n) is 5.98. The number of carbonyl (C=O) groups excluding carboxylic acids is 3. The molecule has 0 aliphatic rings. The maximum atomic E-state index is 13.4. The lowest BCUT2D eigenvalue weighted by molar-refractivity contribution is -0.132. The summed E-state index contributed by atoms with van der Waals surface area (Å²) in [7, 11) is 0. The van der Waals surface area contributed by atoms with Gasteiger partial charge in [0.15, 0.2) is 0 Å². The van der Waals surface area contributed by atoms with Crippen LogP contribution in [0.4, 0.5) is 9.59 Å². The molecule has 0 fully saturated rings. The molecule has 11 heteroatoms. The number of hydrogen-bond acceptors (Lipinski definition) is 5. The topological polar surface area (TPSA) is 183 Å². The lowest BCUT2D eigenvalue weighted by Crippen LogP contribution is -2.61. The highest BCUT2D eigenvalue weighted by molar-refractivity contribution is 5.94. The largest absolute Gasteiger partial charge is 0.508 e. The average molecular weight is 528 g/mol. The first kappa shape index (κ1) is 29.9. The Kier molecular flexibility index (Phi) is 11.9. The second kappa shape index (κ2) is 15.1. The van der Waals surface area contributed by atoms with Crippen LogP contribution in [0.2, 0.25) is 0 Å². The summed E-state index contributed by atoms with van der Waals surface area (Å²) in [6, 6.07) is 13.8. The number of carbonyl (C=O) groups is 4.